The molecule has 1 atom stereocenters. The molecule has 2 aromatic rings. The second-order valence-electron chi connectivity index (χ2n) is 5.61. The molecule has 0 amide bonds. The summed E-state index contributed by atoms with van der Waals surface area (Å²) in [6, 6.07) is 8.60. The van der Waals surface area contributed by atoms with Gasteiger partial charge in [-0.25, -0.2) is 9.97 Å². The molecule has 1 heterocycles. The van der Waals surface area contributed by atoms with Crippen molar-refractivity contribution in [2.24, 2.45) is 0 Å². The van der Waals surface area contributed by atoms with Gasteiger partial charge in [0, 0.05) is 18.9 Å². The highest BCUT2D eigenvalue weighted by Gasteiger charge is 2.33. The molecule has 3 nitrogen and oxygen atoms in total. The monoisotopic (exact) mass is 329 g/mol. The first-order chi connectivity index (χ1) is 9.78. The minimum Gasteiger partial charge on any atom is -0.372 e. The number of hydrogen-bond donors (Lipinski definition) is 1. The molecule has 0 radical (unpaired) electrons. The third kappa shape index (κ3) is 1.85. The van der Waals surface area contributed by atoms with E-state index in [0.29, 0.717) is 11.8 Å². The molecule has 1 saturated carbocycles. The van der Waals surface area contributed by atoms with E-state index in [9.17, 15) is 0 Å². The predicted molar refractivity (Wildman–Crippen MR) is 83.2 cm³/mol. The number of fused-ring (bicyclic) bond motifs is 1. The second-order valence-corrected chi connectivity index (χ2v) is 6.40. The highest BCUT2D eigenvalue weighted by molar-refractivity contribution is 9.10. The SMILES string of the molecule is CNc1nc(C2Cc3ccccc32)nc(C2CC2)c1Br. The van der Waals surface area contributed by atoms with E-state index in [0.717, 1.165) is 22.5 Å². The van der Waals surface area contributed by atoms with Crippen LogP contribution in [-0.4, -0.2) is 17.0 Å². The molecule has 2 aliphatic carbocycles. The summed E-state index contributed by atoms with van der Waals surface area (Å²) in [5.74, 6) is 2.87. The van der Waals surface area contributed by atoms with Gasteiger partial charge >= 0.3 is 0 Å². The first-order valence-electron chi connectivity index (χ1n) is 7.11. The largest absolute Gasteiger partial charge is 0.372 e. The van der Waals surface area contributed by atoms with Crippen molar-refractivity contribution >= 4 is 21.7 Å². The summed E-state index contributed by atoms with van der Waals surface area (Å²) in [6.07, 6.45) is 3.56. The van der Waals surface area contributed by atoms with Crippen LogP contribution in [0.5, 0.6) is 0 Å². The number of benzene rings is 1. The van der Waals surface area contributed by atoms with Gasteiger partial charge in [-0.3, -0.25) is 0 Å². The van der Waals surface area contributed by atoms with Crippen molar-refractivity contribution in [1.29, 1.82) is 0 Å². The lowest BCUT2D eigenvalue weighted by atomic mass is 9.77. The third-order valence-corrected chi connectivity index (χ3v) is 5.04. The second kappa shape index (κ2) is 4.55. The smallest absolute Gasteiger partial charge is 0.144 e. The van der Waals surface area contributed by atoms with Gasteiger partial charge in [0.1, 0.15) is 11.6 Å². The highest BCUT2D eigenvalue weighted by Crippen LogP contribution is 2.46. The van der Waals surface area contributed by atoms with Crippen LogP contribution in [0.2, 0.25) is 0 Å². The quantitative estimate of drug-likeness (QED) is 0.929. The van der Waals surface area contributed by atoms with Crippen molar-refractivity contribution in [3.63, 3.8) is 0 Å². The lowest BCUT2D eigenvalue weighted by Gasteiger charge is -2.29. The molecule has 1 aromatic carbocycles. The van der Waals surface area contributed by atoms with E-state index in [-0.39, 0.29) is 0 Å². The zero-order chi connectivity index (χ0) is 13.7. The van der Waals surface area contributed by atoms with Gasteiger partial charge in [0.05, 0.1) is 10.2 Å². The molecule has 0 bridgehead atoms. The van der Waals surface area contributed by atoms with Gasteiger partial charge in [-0.1, -0.05) is 24.3 Å². The van der Waals surface area contributed by atoms with Crippen LogP contribution in [0.15, 0.2) is 28.7 Å². The van der Waals surface area contributed by atoms with Crippen LogP contribution in [0.25, 0.3) is 0 Å². The Balaban J connectivity index is 1.78. The standard InChI is InChI=1S/C16H16BrN3/c1-18-16-13(17)14(9-6-7-9)19-15(20-16)12-8-10-4-2-3-5-11(10)12/h2-5,9,12H,6-8H2,1H3,(H,18,19,20). The summed E-state index contributed by atoms with van der Waals surface area (Å²) in [5, 5.41) is 3.19. The predicted octanol–water partition coefficient (Wildman–Crippen LogP) is 3.85. The Morgan fingerprint density at radius 1 is 1.20 bits per heavy atom. The van der Waals surface area contributed by atoms with Crippen LogP contribution in [-0.2, 0) is 6.42 Å². The van der Waals surface area contributed by atoms with Gasteiger partial charge in [0.2, 0.25) is 0 Å². The van der Waals surface area contributed by atoms with Gasteiger partial charge in [-0.05, 0) is 46.3 Å². The summed E-state index contributed by atoms with van der Waals surface area (Å²) < 4.78 is 1.04. The molecule has 2 aliphatic rings. The molecular weight excluding hydrogens is 314 g/mol. The molecule has 20 heavy (non-hydrogen) atoms. The number of hydrogen-bond acceptors (Lipinski definition) is 3. The Morgan fingerprint density at radius 2 is 2.00 bits per heavy atom. The summed E-state index contributed by atoms with van der Waals surface area (Å²) in [6.45, 7) is 0. The fourth-order valence-electron chi connectivity index (χ4n) is 2.92. The first-order valence-corrected chi connectivity index (χ1v) is 7.90. The number of nitrogens with zero attached hydrogens (tertiary/aromatic N) is 2. The summed E-state index contributed by atoms with van der Waals surface area (Å²) in [5.41, 5.74) is 4.00. The van der Waals surface area contributed by atoms with Crippen molar-refractivity contribution in [1.82, 2.24) is 9.97 Å². The van der Waals surface area contributed by atoms with Crippen molar-refractivity contribution < 1.29 is 0 Å². The lowest BCUT2D eigenvalue weighted by Crippen LogP contribution is -2.21. The molecular formula is C16H16BrN3. The summed E-state index contributed by atoms with van der Waals surface area (Å²) in [7, 11) is 1.92. The number of rotatable bonds is 3. The van der Waals surface area contributed by atoms with Gasteiger partial charge in [-0.15, -0.1) is 0 Å². The van der Waals surface area contributed by atoms with Crippen LogP contribution in [0.4, 0.5) is 5.82 Å². The summed E-state index contributed by atoms with van der Waals surface area (Å²) >= 11 is 3.65. The molecule has 0 aliphatic heterocycles. The Morgan fingerprint density at radius 3 is 2.70 bits per heavy atom. The van der Waals surface area contributed by atoms with Crippen LogP contribution < -0.4 is 5.32 Å². The number of nitrogens with one attached hydrogen (secondary N) is 1. The molecule has 1 unspecified atom stereocenters. The topological polar surface area (TPSA) is 37.8 Å². The van der Waals surface area contributed by atoms with E-state index in [4.69, 9.17) is 9.97 Å². The van der Waals surface area contributed by atoms with E-state index >= 15 is 0 Å². The van der Waals surface area contributed by atoms with Crippen molar-refractivity contribution in [2.75, 3.05) is 12.4 Å². The average Bonchev–Trinajstić information content (AvgIpc) is 3.26. The maximum Gasteiger partial charge on any atom is 0.144 e. The Bertz CT molecular complexity index is 679. The van der Waals surface area contributed by atoms with E-state index in [1.165, 1.54) is 29.7 Å². The van der Waals surface area contributed by atoms with Crippen LogP contribution in [0.1, 0.15) is 47.3 Å². The maximum absolute atomic E-state index is 4.87. The van der Waals surface area contributed by atoms with E-state index in [1.807, 2.05) is 7.05 Å². The number of halogens is 1. The van der Waals surface area contributed by atoms with Crippen LogP contribution >= 0.6 is 15.9 Å². The first kappa shape index (κ1) is 12.3. The molecule has 1 aromatic heterocycles. The molecule has 102 valence electrons. The third-order valence-electron chi connectivity index (χ3n) is 4.26. The van der Waals surface area contributed by atoms with E-state index < -0.39 is 0 Å². The fourth-order valence-corrected chi connectivity index (χ4v) is 3.62. The molecule has 4 heteroatoms. The maximum atomic E-state index is 4.87. The lowest BCUT2D eigenvalue weighted by molar-refractivity contribution is 0.653. The van der Waals surface area contributed by atoms with Crippen molar-refractivity contribution in [3.8, 4) is 0 Å². The minimum atomic E-state index is 0.365. The number of anilines is 1. The van der Waals surface area contributed by atoms with E-state index in [2.05, 4.69) is 45.5 Å². The summed E-state index contributed by atoms with van der Waals surface area (Å²) in [4.78, 5) is 9.58. The molecule has 4 rings (SSSR count). The average molecular weight is 330 g/mol. The highest BCUT2D eigenvalue weighted by atomic mass is 79.9. The molecule has 0 spiro atoms. The molecule has 1 fully saturated rings. The Kier molecular flexibility index (Phi) is 2.81. The minimum absolute atomic E-state index is 0.365. The molecule has 0 saturated heterocycles. The van der Waals surface area contributed by atoms with Crippen LogP contribution in [0, 0.1) is 0 Å². The van der Waals surface area contributed by atoms with Crippen molar-refractivity contribution in [3.05, 3.63) is 51.4 Å². The molecule has 1 N–H and O–H groups in total. The normalized spacial score (nSPS) is 20.2. The van der Waals surface area contributed by atoms with Crippen molar-refractivity contribution in [2.45, 2.75) is 31.1 Å². The van der Waals surface area contributed by atoms with Crippen LogP contribution in [0.3, 0.4) is 0 Å². The van der Waals surface area contributed by atoms with Gasteiger partial charge < -0.3 is 5.32 Å². The number of aromatic nitrogens is 2. The van der Waals surface area contributed by atoms with Gasteiger partial charge in [0.15, 0.2) is 0 Å². The Hall–Kier alpha value is -1.42. The van der Waals surface area contributed by atoms with Gasteiger partial charge in [0.25, 0.3) is 0 Å². The van der Waals surface area contributed by atoms with Gasteiger partial charge in [-0.2, -0.15) is 0 Å². The fraction of sp³-hybridized carbons (Fsp3) is 0.375. The van der Waals surface area contributed by atoms with E-state index in [1.54, 1.807) is 0 Å². The zero-order valence-electron chi connectivity index (χ0n) is 11.4. The Labute approximate surface area is 127 Å². The zero-order valence-corrected chi connectivity index (χ0v) is 12.9.